The molecule has 0 spiro atoms. The Kier molecular flexibility index (Phi) is 0.770. The van der Waals surface area contributed by atoms with Gasteiger partial charge >= 0.3 is 0 Å². The minimum atomic E-state index is 0.691. The number of hydrogen-bond donors (Lipinski definition) is 0. The first-order valence-corrected chi connectivity index (χ1v) is 3.43. The molecule has 0 aromatic heterocycles. The van der Waals surface area contributed by atoms with E-state index in [9.17, 15) is 0 Å². The maximum atomic E-state index is 3.39. The summed E-state index contributed by atoms with van der Waals surface area (Å²) in [5.74, 6) is 0.691. The second kappa shape index (κ2) is 1.35. The predicted molar refractivity (Wildman–Crippen MR) is 37.7 cm³/mol. The monoisotopic (exact) mass is 168 g/mol. The maximum absolute atomic E-state index is 3.39. The van der Waals surface area contributed by atoms with Crippen LogP contribution in [0.5, 0.6) is 0 Å². The molecule has 0 bridgehead atoms. The van der Waals surface area contributed by atoms with Gasteiger partial charge in [-0.1, -0.05) is 34.2 Å². The molecule has 1 atom stereocenters. The maximum Gasteiger partial charge on any atom is 0.0205 e. The van der Waals surface area contributed by atoms with Crippen LogP contribution < -0.4 is 0 Å². The Morgan fingerprint density at radius 3 is 3.00 bits per heavy atom. The van der Waals surface area contributed by atoms with Gasteiger partial charge < -0.3 is 0 Å². The number of allylic oxidation sites excluding steroid dienone is 6. The lowest BCUT2D eigenvalue weighted by molar-refractivity contribution is 1.19. The van der Waals surface area contributed by atoms with E-state index in [1.165, 1.54) is 10.1 Å². The molecule has 8 heavy (non-hydrogen) atoms. The molecule has 0 nitrogen and oxygen atoms in total. The van der Waals surface area contributed by atoms with Crippen LogP contribution in [0.25, 0.3) is 0 Å². The molecule has 0 aliphatic heterocycles. The van der Waals surface area contributed by atoms with Gasteiger partial charge in [0.15, 0.2) is 0 Å². The standard InChI is InChI=1S/C7H5Br/c8-7-2-1-5-3-6(5)4-7/h1-5H/t5-/m0/s1. The number of fused-ring (bicyclic) bond motifs is 1. The summed E-state index contributed by atoms with van der Waals surface area (Å²) in [6, 6.07) is 0. The Morgan fingerprint density at radius 2 is 2.38 bits per heavy atom. The van der Waals surface area contributed by atoms with Crippen LogP contribution in [0.4, 0.5) is 0 Å². The highest BCUT2D eigenvalue weighted by Gasteiger charge is 2.21. The zero-order chi connectivity index (χ0) is 5.56. The van der Waals surface area contributed by atoms with E-state index < -0.39 is 0 Å². The van der Waals surface area contributed by atoms with E-state index in [4.69, 9.17) is 0 Å². The van der Waals surface area contributed by atoms with Crippen molar-refractivity contribution < 1.29 is 0 Å². The van der Waals surface area contributed by atoms with Crippen molar-refractivity contribution in [1.82, 2.24) is 0 Å². The molecule has 0 saturated heterocycles. The van der Waals surface area contributed by atoms with Gasteiger partial charge in [-0.3, -0.25) is 0 Å². The first kappa shape index (κ1) is 4.57. The topological polar surface area (TPSA) is 0 Å². The largest absolute Gasteiger partial charge is 0.0721 e. The summed E-state index contributed by atoms with van der Waals surface area (Å²) >= 11 is 3.39. The molecule has 40 valence electrons. The van der Waals surface area contributed by atoms with E-state index in [-0.39, 0.29) is 0 Å². The Bertz CT molecular complexity index is 208. The van der Waals surface area contributed by atoms with Crippen LogP contribution in [-0.2, 0) is 0 Å². The SMILES string of the molecule is BrC1=CC2=C[C@@H]2C=C1. The average Bonchev–Trinajstić information content (AvgIpc) is 2.43. The van der Waals surface area contributed by atoms with Crippen molar-refractivity contribution in [2.75, 3.05) is 0 Å². The van der Waals surface area contributed by atoms with Crippen LogP contribution in [0.3, 0.4) is 0 Å². The summed E-state index contributed by atoms with van der Waals surface area (Å²) in [7, 11) is 0. The third-order valence-corrected chi connectivity index (χ3v) is 1.91. The molecule has 0 amide bonds. The molecular formula is C7H5Br. The second-order valence-electron chi connectivity index (χ2n) is 2.08. The van der Waals surface area contributed by atoms with E-state index in [2.05, 4.69) is 40.2 Å². The van der Waals surface area contributed by atoms with Gasteiger partial charge in [0.2, 0.25) is 0 Å². The predicted octanol–water partition coefficient (Wildman–Crippen LogP) is 2.39. The van der Waals surface area contributed by atoms with Gasteiger partial charge in [0.1, 0.15) is 0 Å². The molecule has 2 aliphatic rings. The van der Waals surface area contributed by atoms with Crippen molar-refractivity contribution in [2.24, 2.45) is 5.92 Å². The number of halogens is 1. The average molecular weight is 169 g/mol. The summed E-state index contributed by atoms with van der Waals surface area (Å²) in [5, 5.41) is 0. The van der Waals surface area contributed by atoms with Crippen molar-refractivity contribution in [3.63, 3.8) is 0 Å². The van der Waals surface area contributed by atoms with Crippen LogP contribution in [-0.4, -0.2) is 0 Å². The highest BCUT2D eigenvalue weighted by Crippen LogP contribution is 2.36. The molecule has 1 heteroatoms. The van der Waals surface area contributed by atoms with Crippen molar-refractivity contribution in [1.29, 1.82) is 0 Å². The van der Waals surface area contributed by atoms with Crippen LogP contribution in [0.15, 0.2) is 34.4 Å². The summed E-state index contributed by atoms with van der Waals surface area (Å²) < 4.78 is 1.19. The van der Waals surface area contributed by atoms with Gasteiger partial charge in [0.25, 0.3) is 0 Å². The van der Waals surface area contributed by atoms with Crippen molar-refractivity contribution in [3.05, 3.63) is 34.4 Å². The van der Waals surface area contributed by atoms with E-state index in [1.807, 2.05) is 0 Å². The Labute approximate surface area is 56.7 Å². The minimum absolute atomic E-state index is 0.691. The van der Waals surface area contributed by atoms with Gasteiger partial charge in [-0.05, 0) is 11.6 Å². The fraction of sp³-hybridized carbons (Fsp3) is 0.143. The molecule has 0 fully saturated rings. The smallest absolute Gasteiger partial charge is 0.0205 e. The highest BCUT2D eigenvalue weighted by atomic mass is 79.9. The second-order valence-corrected chi connectivity index (χ2v) is 3.00. The van der Waals surface area contributed by atoms with Gasteiger partial charge in [0.05, 0.1) is 0 Å². The highest BCUT2D eigenvalue weighted by molar-refractivity contribution is 9.11. The third-order valence-electron chi connectivity index (χ3n) is 1.42. The summed E-state index contributed by atoms with van der Waals surface area (Å²) in [4.78, 5) is 0. The molecule has 0 radical (unpaired) electrons. The number of rotatable bonds is 0. The fourth-order valence-electron chi connectivity index (χ4n) is 0.873. The Balaban J connectivity index is 2.37. The van der Waals surface area contributed by atoms with E-state index in [0.717, 1.165) is 0 Å². The van der Waals surface area contributed by atoms with Crippen LogP contribution in [0, 0.1) is 5.92 Å². The lowest BCUT2D eigenvalue weighted by Crippen LogP contribution is -1.77. The Morgan fingerprint density at radius 1 is 1.50 bits per heavy atom. The van der Waals surface area contributed by atoms with Gasteiger partial charge in [-0.2, -0.15) is 0 Å². The summed E-state index contributed by atoms with van der Waals surface area (Å²) in [5.41, 5.74) is 1.46. The zero-order valence-corrected chi connectivity index (χ0v) is 5.85. The van der Waals surface area contributed by atoms with E-state index in [0.29, 0.717) is 5.92 Å². The molecule has 0 saturated carbocycles. The molecule has 0 aromatic rings. The molecule has 2 rings (SSSR count). The molecule has 2 aliphatic carbocycles. The fourth-order valence-corrected chi connectivity index (χ4v) is 1.29. The molecule has 0 heterocycles. The minimum Gasteiger partial charge on any atom is -0.0721 e. The van der Waals surface area contributed by atoms with Gasteiger partial charge in [-0.25, -0.2) is 0 Å². The summed E-state index contributed by atoms with van der Waals surface area (Å²) in [6.07, 6.45) is 8.69. The van der Waals surface area contributed by atoms with Crippen molar-refractivity contribution in [2.45, 2.75) is 0 Å². The first-order chi connectivity index (χ1) is 3.86. The Hall–Kier alpha value is -0.300. The van der Waals surface area contributed by atoms with E-state index >= 15 is 0 Å². The van der Waals surface area contributed by atoms with E-state index in [1.54, 1.807) is 0 Å². The quantitative estimate of drug-likeness (QED) is 0.522. The molecular weight excluding hydrogens is 164 g/mol. The summed E-state index contributed by atoms with van der Waals surface area (Å²) in [6.45, 7) is 0. The van der Waals surface area contributed by atoms with Crippen molar-refractivity contribution >= 4 is 15.9 Å². The van der Waals surface area contributed by atoms with Gasteiger partial charge in [-0.15, -0.1) is 0 Å². The third kappa shape index (κ3) is 0.583. The van der Waals surface area contributed by atoms with Crippen LogP contribution in [0.2, 0.25) is 0 Å². The lowest BCUT2D eigenvalue weighted by Gasteiger charge is -1.94. The lowest BCUT2D eigenvalue weighted by atomic mass is 10.2. The molecule has 0 N–H and O–H groups in total. The zero-order valence-electron chi connectivity index (χ0n) is 4.26. The van der Waals surface area contributed by atoms with Crippen molar-refractivity contribution in [3.8, 4) is 0 Å². The first-order valence-electron chi connectivity index (χ1n) is 2.63. The van der Waals surface area contributed by atoms with Crippen LogP contribution >= 0.6 is 15.9 Å². The van der Waals surface area contributed by atoms with Gasteiger partial charge in [0, 0.05) is 10.4 Å². The van der Waals surface area contributed by atoms with Crippen LogP contribution in [0.1, 0.15) is 0 Å². The molecule has 0 aromatic carbocycles. The number of hydrogen-bond acceptors (Lipinski definition) is 0. The molecule has 0 unspecified atom stereocenters. The normalized spacial score (nSPS) is 30.9.